The molecule has 132 valence electrons. The van der Waals surface area contributed by atoms with Gasteiger partial charge < -0.3 is 16.0 Å². The van der Waals surface area contributed by atoms with E-state index in [0.29, 0.717) is 6.54 Å². The average molecular weight is 395 g/mol. The molecular formula is C18H27BrN4O. The number of hydrogen-bond acceptors (Lipinski definition) is 2. The van der Waals surface area contributed by atoms with Gasteiger partial charge in [0.2, 0.25) is 5.91 Å². The zero-order valence-corrected chi connectivity index (χ0v) is 16.5. The summed E-state index contributed by atoms with van der Waals surface area (Å²) < 4.78 is 1.11. The number of hydrogen-bond donors (Lipinski definition) is 3. The van der Waals surface area contributed by atoms with Crippen molar-refractivity contribution in [3.8, 4) is 0 Å². The number of amides is 1. The fourth-order valence-electron chi connectivity index (χ4n) is 2.73. The van der Waals surface area contributed by atoms with Gasteiger partial charge in [0.1, 0.15) is 0 Å². The van der Waals surface area contributed by atoms with Crippen molar-refractivity contribution >= 4 is 27.8 Å². The van der Waals surface area contributed by atoms with Crippen molar-refractivity contribution in [2.24, 2.45) is 10.4 Å². The Bertz CT molecular complexity index is 623. The number of carbonyl (C=O) groups is 1. The Hall–Kier alpha value is -1.56. The molecule has 6 heteroatoms. The second-order valence-electron chi connectivity index (χ2n) is 7.03. The minimum atomic E-state index is -0.492. The van der Waals surface area contributed by atoms with Crippen molar-refractivity contribution in [1.82, 2.24) is 16.0 Å². The highest BCUT2D eigenvalue weighted by Crippen LogP contribution is 2.48. The molecule has 0 radical (unpaired) electrons. The fourth-order valence-corrected chi connectivity index (χ4v) is 3.13. The van der Waals surface area contributed by atoms with E-state index in [2.05, 4.69) is 55.1 Å². The number of carbonyl (C=O) groups excluding carboxylic acids is 1. The standard InChI is InChI=1S/C18H27BrN4O/c1-17(2,15(24)20-3)11-22-16(21-4)23-12-18(8-9-18)13-6-5-7-14(19)10-13/h5-7,10H,8-9,11-12H2,1-4H3,(H,20,24)(H2,21,22,23). The molecule has 1 amide bonds. The minimum Gasteiger partial charge on any atom is -0.359 e. The van der Waals surface area contributed by atoms with E-state index in [1.165, 1.54) is 18.4 Å². The molecule has 0 bridgehead atoms. The fraction of sp³-hybridized carbons (Fsp3) is 0.556. The van der Waals surface area contributed by atoms with Crippen LogP contribution in [0.4, 0.5) is 0 Å². The number of nitrogens with one attached hydrogen (secondary N) is 3. The Morgan fingerprint density at radius 2 is 2.04 bits per heavy atom. The first-order valence-corrected chi connectivity index (χ1v) is 9.05. The van der Waals surface area contributed by atoms with Gasteiger partial charge in [0, 0.05) is 37.1 Å². The highest BCUT2D eigenvalue weighted by Gasteiger charge is 2.44. The third-order valence-corrected chi connectivity index (χ3v) is 5.14. The maximum atomic E-state index is 11.9. The molecule has 2 rings (SSSR count). The summed E-state index contributed by atoms with van der Waals surface area (Å²) >= 11 is 3.55. The first-order valence-electron chi connectivity index (χ1n) is 8.26. The molecule has 0 heterocycles. The summed E-state index contributed by atoms with van der Waals surface area (Å²) in [6.07, 6.45) is 2.36. The van der Waals surface area contributed by atoms with Crippen LogP contribution in [-0.4, -0.2) is 39.1 Å². The lowest BCUT2D eigenvalue weighted by atomic mass is 9.92. The van der Waals surface area contributed by atoms with Crippen LogP contribution in [0.2, 0.25) is 0 Å². The summed E-state index contributed by atoms with van der Waals surface area (Å²) in [7, 11) is 3.41. The van der Waals surface area contributed by atoms with Crippen molar-refractivity contribution in [2.45, 2.75) is 32.1 Å². The van der Waals surface area contributed by atoms with Crippen LogP contribution in [0.25, 0.3) is 0 Å². The van der Waals surface area contributed by atoms with Crippen molar-refractivity contribution in [3.63, 3.8) is 0 Å². The molecule has 1 saturated carbocycles. The molecule has 1 aromatic rings. The van der Waals surface area contributed by atoms with Gasteiger partial charge in [0.15, 0.2) is 5.96 Å². The summed E-state index contributed by atoms with van der Waals surface area (Å²) in [4.78, 5) is 16.1. The molecule has 24 heavy (non-hydrogen) atoms. The van der Waals surface area contributed by atoms with E-state index in [1.54, 1.807) is 14.1 Å². The number of nitrogens with zero attached hydrogens (tertiary/aromatic N) is 1. The smallest absolute Gasteiger partial charge is 0.227 e. The predicted octanol–water partition coefficient (Wildman–Crippen LogP) is 2.42. The molecule has 1 aliphatic rings. The largest absolute Gasteiger partial charge is 0.359 e. The third kappa shape index (κ3) is 4.50. The van der Waals surface area contributed by atoms with Gasteiger partial charge in [-0.15, -0.1) is 0 Å². The van der Waals surface area contributed by atoms with Gasteiger partial charge in [0.25, 0.3) is 0 Å². The van der Waals surface area contributed by atoms with E-state index >= 15 is 0 Å². The Kier molecular flexibility index (Phi) is 5.91. The van der Waals surface area contributed by atoms with E-state index < -0.39 is 5.41 Å². The topological polar surface area (TPSA) is 65.5 Å². The second-order valence-corrected chi connectivity index (χ2v) is 7.95. The summed E-state index contributed by atoms with van der Waals surface area (Å²) in [5.41, 5.74) is 1.05. The number of halogens is 1. The van der Waals surface area contributed by atoms with E-state index in [0.717, 1.165) is 17.0 Å². The molecular weight excluding hydrogens is 368 g/mol. The van der Waals surface area contributed by atoms with Crippen molar-refractivity contribution in [3.05, 3.63) is 34.3 Å². The van der Waals surface area contributed by atoms with E-state index in [9.17, 15) is 4.79 Å². The van der Waals surface area contributed by atoms with Gasteiger partial charge in [-0.1, -0.05) is 28.1 Å². The first-order chi connectivity index (χ1) is 11.3. The van der Waals surface area contributed by atoms with E-state index in [-0.39, 0.29) is 11.3 Å². The van der Waals surface area contributed by atoms with Crippen LogP contribution in [0.15, 0.2) is 33.7 Å². The number of rotatable bonds is 6. The Morgan fingerprint density at radius 1 is 1.33 bits per heavy atom. The average Bonchev–Trinajstić information content (AvgIpc) is 3.35. The molecule has 5 nitrogen and oxygen atoms in total. The molecule has 0 aliphatic heterocycles. The Morgan fingerprint density at radius 3 is 2.58 bits per heavy atom. The van der Waals surface area contributed by atoms with Crippen LogP contribution in [0.5, 0.6) is 0 Å². The number of aliphatic imine (C=N–C) groups is 1. The van der Waals surface area contributed by atoms with Gasteiger partial charge in [-0.2, -0.15) is 0 Å². The van der Waals surface area contributed by atoms with Crippen molar-refractivity contribution in [2.75, 3.05) is 27.2 Å². The van der Waals surface area contributed by atoms with Crippen LogP contribution in [0.1, 0.15) is 32.3 Å². The monoisotopic (exact) mass is 394 g/mol. The minimum absolute atomic E-state index is 0.0123. The summed E-state index contributed by atoms with van der Waals surface area (Å²) in [6, 6.07) is 8.51. The van der Waals surface area contributed by atoms with Crippen LogP contribution in [0.3, 0.4) is 0 Å². The number of benzene rings is 1. The normalized spacial score (nSPS) is 16.5. The first kappa shape index (κ1) is 18.8. The van der Waals surface area contributed by atoms with Crippen LogP contribution < -0.4 is 16.0 Å². The zero-order valence-electron chi connectivity index (χ0n) is 14.9. The number of guanidine groups is 1. The van der Waals surface area contributed by atoms with Crippen molar-refractivity contribution < 1.29 is 4.79 Å². The lowest BCUT2D eigenvalue weighted by Gasteiger charge is -2.25. The van der Waals surface area contributed by atoms with Gasteiger partial charge in [-0.25, -0.2) is 0 Å². The molecule has 0 atom stereocenters. The maximum Gasteiger partial charge on any atom is 0.227 e. The Labute approximate surface area is 152 Å². The third-order valence-electron chi connectivity index (χ3n) is 4.65. The maximum absolute atomic E-state index is 11.9. The summed E-state index contributed by atoms with van der Waals surface area (Å²) in [5, 5.41) is 9.36. The predicted molar refractivity (Wildman–Crippen MR) is 102 cm³/mol. The van der Waals surface area contributed by atoms with Crippen LogP contribution in [-0.2, 0) is 10.2 Å². The van der Waals surface area contributed by atoms with Gasteiger partial charge in [-0.05, 0) is 44.4 Å². The van der Waals surface area contributed by atoms with E-state index in [1.807, 2.05) is 19.9 Å². The zero-order chi connectivity index (χ0) is 17.8. The van der Waals surface area contributed by atoms with E-state index in [4.69, 9.17) is 0 Å². The molecule has 1 aromatic carbocycles. The quantitative estimate of drug-likeness (QED) is 0.512. The molecule has 0 aromatic heterocycles. The highest BCUT2D eigenvalue weighted by molar-refractivity contribution is 9.10. The van der Waals surface area contributed by atoms with Gasteiger partial charge in [-0.3, -0.25) is 9.79 Å². The lowest BCUT2D eigenvalue weighted by molar-refractivity contribution is -0.128. The van der Waals surface area contributed by atoms with Crippen molar-refractivity contribution in [1.29, 1.82) is 0 Å². The van der Waals surface area contributed by atoms with Crippen LogP contribution in [0, 0.1) is 5.41 Å². The molecule has 1 aliphatic carbocycles. The second kappa shape index (κ2) is 7.55. The molecule has 3 N–H and O–H groups in total. The molecule has 0 spiro atoms. The summed E-state index contributed by atoms with van der Waals surface area (Å²) in [5.74, 6) is 0.742. The molecule has 1 fully saturated rings. The summed E-state index contributed by atoms with van der Waals surface area (Å²) in [6.45, 7) is 5.19. The Balaban J connectivity index is 1.92. The SMILES string of the molecule is CN=C(NCC(C)(C)C(=O)NC)NCC1(c2cccc(Br)c2)CC1. The van der Waals surface area contributed by atoms with Gasteiger partial charge >= 0.3 is 0 Å². The highest BCUT2D eigenvalue weighted by atomic mass is 79.9. The molecule has 0 saturated heterocycles. The lowest BCUT2D eigenvalue weighted by Crippen LogP contribution is -2.48. The van der Waals surface area contributed by atoms with Gasteiger partial charge in [0.05, 0.1) is 5.41 Å². The van der Waals surface area contributed by atoms with Crippen LogP contribution >= 0.6 is 15.9 Å². The molecule has 0 unspecified atom stereocenters.